The summed E-state index contributed by atoms with van der Waals surface area (Å²) in [5, 5.41) is 0. The Labute approximate surface area is 110 Å². The first kappa shape index (κ1) is 13.5. The predicted molar refractivity (Wildman–Crippen MR) is 75.4 cm³/mol. The summed E-state index contributed by atoms with van der Waals surface area (Å²) in [5.74, 6) is 0. The van der Waals surface area contributed by atoms with E-state index in [1.807, 2.05) is 6.20 Å². The molecule has 1 heterocycles. The van der Waals surface area contributed by atoms with Gasteiger partial charge >= 0.3 is 0 Å². The summed E-state index contributed by atoms with van der Waals surface area (Å²) < 4.78 is 0. The van der Waals surface area contributed by atoms with E-state index in [9.17, 15) is 0 Å². The van der Waals surface area contributed by atoms with E-state index in [1.165, 1.54) is 43.4 Å². The number of rotatable bonds is 4. The van der Waals surface area contributed by atoms with Crippen molar-refractivity contribution in [2.45, 2.75) is 44.1 Å². The van der Waals surface area contributed by atoms with E-state index < -0.39 is 0 Å². The zero-order chi connectivity index (χ0) is 13.0. The Balaban J connectivity index is 2.16. The van der Waals surface area contributed by atoms with Gasteiger partial charge in [0.05, 0.1) is 0 Å². The lowest BCUT2D eigenvalue weighted by molar-refractivity contribution is 0.293. The van der Waals surface area contributed by atoms with Crippen molar-refractivity contribution in [3.63, 3.8) is 0 Å². The summed E-state index contributed by atoms with van der Waals surface area (Å²) in [6.07, 6.45) is 8.34. The zero-order valence-corrected chi connectivity index (χ0v) is 11.7. The molecule has 2 rings (SSSR count). The molecule has 1 aliphatic rings. The second-order valence-electron chi connectivity index (χ2n) is 5.83. The molecule has 0 saturated heterocycles. The van der Waals surface area contributed by atoms with Crippen LogP contribution in [0.25, 0.3) is 0 Å². The van der Waals surface area contributed by atoms with Crippen LogP contribution in [0.5, 0.6) is 0 Å². The Morgan fingerprint density at radius 2 is 1.94 bits per heavy atom. The van der Waals surface area contributed by atoms with Crippen molar-refractivity contribution in [3.05, 3.63) is 29.6 Å². The van der Waals surface area contributed by atoms with Gasteiger partial charge in [-0.2, -0.15) is 0 Å². The van der Waals surface area contributed by atoms with E-state index in [1.54, 1.807) is 0 Å². The lowest BCUT2D eigenvalue weighted by Gasteiger charge is -2.35. The van der Waals surface area contributed by atoms with Crippen LogP contribution in [0.15, 0.2) is 18.3 Å². The average Bonchev–Trinajstić information content (AvgIpc) is 2.39. The fraction of sp³-hybridized carbons (Fsp3) is 0.667. The van der Waals surface area contributed by atoms with Crippen LogP contribution in [-0.4, -0.2) is 30.5 Å². The first-order valence-electron chi connectivity index (χ1n) is 6.96. The molecule has 1 fully saturated rings. The van der Waals surface area contributed by atoms with Crippen LogP contribution >= 0.6 is 0 Å². The van der Waals surface area contributed by atoms with Crippen LogP contribution in [0.4, 0.5) is 0 Å². The van der Waals surface area contributed by atoms with Gasteiger partial charge in [-0.25, -0.2) is 0 Å². The Bertz CT molecular complexity index is 364. The summed E-state index contributed by atoms with van der Waals surface area (Å²) in [5.41, 5.74) is 8.66. The Morgan fingerprint density at radius 1 is 1.22 bits per heavy atom. The van der Waals surface area contributed by atoms with Gasteiger partial charge in [0.1, 0.15) is 0 Å². The highest BCUT2D eigenvalue weighted by Gasteiger charge is 2.33. The highest BCUT2D eigenvalue weighted by atomic mass is 15.0. The summed E-state index contributed by atoms with van der Waals surface area (Å²) in [6.45, 7) is 1.68. The zero-order valence-electron chi connectivity index (χ0n) is 11.7. The van der Waals surface area contributed by atoms with Gasteiger partial charge in [0.25, 0.3) is 0 Å². The number of nitrogens with zero attached hydrogens (tertiary/aromatic N) is 2. The molecule has 0 bridgehead atoms. The van der Waals surface area contributed by atoms with Crippen LogP contribution < -0.4 is 5.73 Å². The molecule has 18 heavy (non-hydrogen) atoms. The van der Waals surface area contributed by atoms with E-state index >= 15 is 0 Å². The fourth-order valence-electron chi connectivity index (χ4n) is 2.99. The third-order valence-electron chi connectivity index (χ3n) is 4.07. The van der Waals surface area contributed by atoms with Crippen LogP contribution in [0.1, 0.15) is 43.4 Å². The molecule has 3 nitrogen and oxygen atoms in total. The number of nitrogens with two attached hydrogens (primary N) is 1. The molecule has 0 atom stereocenters. The Kier molecular flexibility index (Phi) is 4.36. The Hall–Kier alpha value is -0.930. The molecule has 1 saturated carbocycles. The van der Waals surface area contributed by atoms with Crippen molar-refractivity contribution in [2.24, 2.45) is 5.73 Å². The molecule has 2 N–H and O–H groups in total. The minimum atomic E-state index is 0.148. The molecule has 100 valence electrons. The highest BCUT2D eigenvalue weighted by molar-refractivity contribution is 5.22. The summed E-state index contributed by atoms with van der Waals surface area (Å²) >= 11 is 0. The third-order valence-corrected chi connectivity index (χ3v) is 4.07. The van der Waals surface area contributed by atoms with Crippen molar-refractivity contribution in [2.75, 3.05) is 20.6 Å². The van der Waals surface area contributed by atoms with Crippen LogP contribution in [0.3, 0.4) is 0 Å². The van der Waals surface area contributed by atoms with Gasteiger partial charge in [0.15, 0.2) is 0 Å². The lowest BCUT2D eigenvalue weighted by Crippen LogP contribution is -2.37. The molecule has 3 heteroatoms. The van der Waals surface area contributed by atoms with Gasteiger partial charge in [-0.05, 0) is 38.6 Å². The molecule has 0 aromatic carbocycles. The van der Waals surface area contributed by atoms with Crippen LogP contribution in [-0.2, 0) is 12.0 Å². The van der Waals surface area contributed by atoms with Gasteiger partial charge in [0.2, 0.25) is 0 Å². The molecule has 0 unspecified atom stereocenters. The normalized spacial score (nSPS) is 19.1. The molecule has 0 radical (unpaired) electrons. The van der Waals surface area contributed by atoms with Gasteiger partial charge in [-0.15, -0.1) is 0 Å². The van der Waals surface area contributed by atoms with E-state index in [0.717, 1.165) is 13.1 Å². The molecule has 0 aliphatic heterocycles. The van der Waals surface area contributed by atoms with Crippen molar-refractivity contribution in [1.82, 2.24) is 9.88 Å². The van der Waals surface area contributed by atoms with Crippen molar-refractivity contribution in [1.29, 1.82) is 0 Å². The number of pyridine rings is 1. The second-order valence-corrected chi connectivity index (χ2v) is 5.83. The number of aromatic nitrogens is 1. The van der Waals surface area contributed by atoms with Gasteiger partial charge in [-0.3, -0.25) is 4.98 Å². The van der Waals surface area contributed by atoms with Crippen molar-refractivity contribution in [3.8, 4) is 0 Å². The summed E-state index contributed by atoms with van der Waals surface area (Å²) in [7, 11) is 4.16. The highest BCUT2D eigenvalue weighted by Crippen LogP contribution is 2.37. The summed E-state index contributed by atoms with van der Waals surface area (Å²) in [4.78, 5) is 6.85. The first-order valence-corrected chi connectivity index (χ1v) is 6.96. The molecule has 1 aliphatic carbocycles. The summed E-state index contributed by atoms with van der Waals surface area (Å²) in [6, 6.07) is 4.39. The fourth-order valence-corrected chi connectivity index (χ4v) is 2.99. The van der Waals surface area contributed by atoms with Crippen molar-refractivity contribution < 1.29 is 0 Å². The maximum atomic E-state index is 6.04. The maximum Gasteiger partial charge on any atom is 0.0478 e. The van der Waals surface area contributed by atoms with E-state index in [0.29, 0.717) is 0 Å². The van der Waals surface area contributed by atoms with Crippen LogP contribution in [0, 0.1) is 0 Å². The van der Waals surface area contributed by atoms with Gasteiger partial charge in [0, 0.05) is 30.4 Å². The largest absolute Gasteiger partial charge is 0.330 e. The van der Waals surface area contributed by atoms with E-state index in [4.69, 9.17) is 10.7 Å². The standard InChI is InChI=1S/C15H25N3/c1-18(2)11-13-6-7-14(17-10-13)15(12-16)8-4-3-5-9-15/h6-7,10H,3-5,8-9,11-12,16H2,1-2H3. The SMILES string of the molecule is CN(C)Cc1ccc(C2(CN)CCCCC2)nc1. The topological polar surface area (TPSA) is 42.1 Å². The number of hydrogen-bond donors (Lipinski definition) is 1. The molecule has 0 spiro atoms. The third kappa shape index (κ3) is 2.90. The average molecular weight is 247 g/mol. The molecule has 0 amide bonds. The monoisotopic (exact) mass is 247 g/mol. The minimum absolute atomic E-state index is 0.148. The van der Waals surface area contributed by atoms with Gasteiger partial charge in [-0.1, -0.05) is 25.3 Å². The van der Waals surface area contributed by atoms with Crippen molar-refractivity contribution >= 4 is 0 Å². The predicted octanol–water partition coefficient (Wildman–Crippen LogP) is 2.30. The minimum Gasteiger partial charge on any atom is -0.330 e. The molecule has 1 aromatic rings. The smallest absolute Gasteiger partial charge is 0.0478 e. The quantitative estimate of drug-likeness (QED) is 0.887. The second kappa shape index (κ2) is 5.81. The maximum absolute atomic E-state index is 6.04. The molecular weight excluding hydrogens is 222 g/mol. The number of hydrogen-bond acceptors (Lipinski definition) is 3. The first-order chi connectivity index (χ1) is 8.66. The molecule has 1 aromatic heterocycles. The van der Waals surface area contributed by atoms with E-state index in [2.05, 4.69) is 31.1 Å². The van der Waals surface area contributed by atoms with Crippen LogP contribution in [0.2, 0.25) is 0 Å². The van der Waals surface area contributed by atoms with Gasteiger partial charge < -0.3 is 10.6 Å². The molecular formula is C15H25N3. The Morgan fingerprint density at radius 3 is 2.44 bits per heavy atom. The van der Waals surface area contributed by atoms with E-state index in [-0.39, 0.29) is 5.41 Å². The lowest BCUT2D eigenvalue weighted by atomic mass is 9.71.